The maximum absolute atomic E-state index is 11.0. The summed E-state index contributed by atoms with van der Waals surface area (Å²) < 4.78 is 5.57. The number of oxime groups is 1. The van der Waals surface area contributed by atoms with E-state index in [1.807, 2.05) is 24.4 Å². The zero-order chi connectivity index (χ0) is 13.8. The summed E-state index contributed by atoms with van der Waals surface area (Å²) in [5, 5.41) is 5.68. The molecule has 0 aromatic carbocycles. The van der Waals surface area contributed by atoms with Gasteiger partial charge in [0.05, 0.1) is 4.88 Å². The molecule has 0 saturated carbocycles. The van der Waals surface area contributed by atoms with Crippen molar-refractivity contribution in [2.75, 3.05) is 0 Å². The zero-order valence-electron chi connectivity index (χ0n) is 11.0. The Kier molecular flexibility index (Phi) is 4.11. The number of rotatable bonds is 5. The summed E-state index contributed by atoms with van der Waals surface area (Å²) >= 11 is 1.56. The third-order valence-electron chi connectivity index (χ3n) is 2.54. The van der Waals surface area contributed by atoms with E-state index in [0.717, 1.165) is 4.88 Å². The number of aryl methyl sites for hydroxylation is 1. The SMILES string of the molecule is CC(=O)/C(C)=N/OCc1nc(-c2cccs2)oc1C. The largest absolute Gasteiger partial charge is 0.440 e. The molecule has 0 aliphatic heterocycles. The molecule has 0 fully saturated rings. The molecule has 0 unspecified atom stereocenters. The highest BCUT2D eigenvalue weighted by Crippen LogP contribution is 2.26. The Hall–Kier alpha value is -1.95. The average Bonchev–Trinajstić information content (AvgIpc) is 2.99. The van der Waals surface area contributed by atoms with Gasteiger partial charge in [0.2, 0.25) is 5.89 Å². The molecule has 0 bridgehead atoms. The minimum atomic E-state index is -0.115. The molecule has 0 atom stereocenters. The van der Waals surface area contributed by atoms with Crippen molar-refractivity contribution < 1.29 is 14.0 Å². The van der Waals surface area contributed by atoms with Crippen LogP contribution in [0.5, 0.6) is 0 Å². The third-order valence-corrected chi connectivity index (χ3v) is 3.39. The Bertz CT molecular complexity index is 599. The number of Topliss-reactive ketones (excluding diaryl/α,β-unsaturated/α-hetero) is 1. The first-order valence-corrected chi connectivity index (χ1v) is 6.63. The first-order chi connectivity index (χ1) is 9.08. The van der Waals surface area contributed by atoms with Crippen LogP contribution in [0.4, 0.5) is 0 Å². The van der Waals surface area contributed by atoms with Crippen LogP contribution >= 0.6 is 11.3 Å². The van der Waals surface area contributed by atoms with Gasteiger partial charge in [-0.2, -0.15) is 0 Å². The summed E-state index contributed by atoms with van der Waals surface area (Å²) in [7, 11) is 0. The van der Waals surface area contributed by atoms with Crippen molar-refractivity contribution in [3.63, 3.8) is 0 Å². The number of hydrogen-bond acceptors (Lipinski definition) is 6. The summed E-state index contributed by atoms with van der Waals surface area (Å²) in [6.07, 6.45) is 0. The smallest absolute Gasteiger partial charge is 0.236 e. The predicted octanol–water partition coefficient (Wildman–Crippen LogP) is 3.19. The lowest BCUT2D eigenvalue weighted by Crippen LogP contribution is -2.05. The van der Waals surface area contributed by atoms with Gasteiger partial charge in [0.1, 0.15) is 17.2 Å². The second-order valence-corrected chi connectivity index (χ2v) is 4.95. The summed E-state index contributed by atoms with van der Waals surface area (Å²) in [6, 6.07) is 3.88. The summed E-state index contributed by atoms with van der Waals surface area (Å²) in [5.74, 6) is 1.16. The van der Waals surface area contributed by atoms with Crippen LogP contribution in [0.15, 0.2) is 27.1 Å². The molecule has 19 heavy (non-hydrogen) atoms. The standard InChI is InChI=1S/C13H14N2O3S/c1-8(9(2)16)15-17-7-11-10(3)18-13(14-11)12-5-4-6-19-12/h4-6H,7H2,1-3H3/b15-8+. The van der Waals surface area contributed by atoms with Crippen LogP contribution < -0.4 is 0 Å². The first kappa shape index (κ1) is 13.5. The van der Waals surface area contributed by atoms with Crippen molar-refractivity contribution in [2.45, 2.75) is 27.4 Å². The molecule has 2 aromatic rings. The van der Waals surface area contributed by atoms with E-state index in [9.17, 15) is 4.79 Å². The average molecular weight is 278 g/mol. The minimum absolute atomic E-state index is 0.115. The molecule has 0 radical (unpaired) electrons. The summed E-state index contributed by atoms with van der Waals surface area (Å²) in [4.78, 5) is 21.4. The molecule has 2 rings (SSSR count). The molecule has 0 spiro atoms. The lowest BCUT2D eigenvalue weighted by Gasteiger charge is -1.97. The number of carbonyl (C=O) groups is 1. The van der Waals surface area contributed by atoms with Crippen molar-refractivity contribution in [1.82, 2.24) is 4.98 Å². The maximum atomic E-state index is 11.0. The number of ketones is 1. The van der Waals surface area contributed by atoms with Crippen molar-refractivity contribution in [2.24, 2.45) is 5.16 Å². The van der Waals surface area contributed by atoms with Crippen LogP contribution in [0, 0.1) is 6.92 Å². The third kappa shape index (κ3) is 3.29. The fourth-order valence-corrected chi connectivity index (χ4v) is 1.97. The normalized spacial score (nSPS) is 11.6. The lowest BCUT2D eigenvalue weighted by molar-refractivity contribution is -0.111. The molecule has 2 heterocycles. The monoisotopic (exact) mass is 278 g/mol. The molecule has 100 valence electrons. The van der Waals surface area contributed by atoms with Gasteiger partial charge in [0, 0.05) is 6.92 Å². The van der Waals surface area contributed by atoms with E-state index in [1.54, 1.807) is 18.3 Å². The van der Waals surface area contributed by atoms with E-state index in [-0.39, 0.29) is 12.4 Å². The number of hydrogen-bond donors (Lipinski definition) is 0. The highest BCUT2D eigenvalue weighted by molar-refractivity contribution is 7.13. The quantitative estimate of drug-likeness (QED) is 0.622. The topological polar surface area (TPSA) is 64.7 Å². The van der Waals surface area contributed by atoms with Gasteiger partial charge in [0.25, 0.3) is 0 Å². The van der Waals surface area contributed by atoms with Gasteiger partial charge in [0.15, 0.2) is 12.4 Å². The molecular formula is C13H14N2O3S. The molecular weight excluding hydrogens is 264 g/mol. The van der Waals surface area contributed by atoms with Gasteiger partial charge in [-0.15, -0.1) is 11.3 Å². The maximum Gasteiger partial charge on any atom is 0.236 e. The Morgan fingerprint density at radius 3 is 2.95 bits per heavy atom. The molecule has 2 aromatic heterocycles. The molecule has 0 N–H and O–H groups in total. The van der Waals surface area contributed by atoms with Crippen molar-refractivity contribution in [3.05, 3.63) is 29.0 Å². The molecule has 6 heteroatoms. The van der Waals surface area contributed by atoms with E-state index in [1.165, 1.54) is 6.92 Å². The Balaban J connectivity index is 2.06. The second kappa shape index (κ2) is 5.79. The summed E-state index contributed by atoms with van der Waals surface area (Å²) in [5.41, 5.74) is 1.02. The van der Waals surface area contributed by atoms with E-state index >= 15 is 0 Å². The van der Waals surface area contributed by atoms with Crippen molar-refractivity contribution >= 4 is 22.8 Å². The summed E-state index contributed by atoms with van der Waals surface area (Å²) in [6.45, 7) is 5.06. The highest BCUT2D eigenvalue weighted by atomic mass is 32.1. The van der Waals surface area contributed by atoms with Crippen molar-refractivity contribution in [3.8, 4) is 10.8 Å². The van der Waals surface area contributed by atoms with E-state index in [0.29, 0.717) is 23.1 Å². The van der Waals surface area contributed by atoms with Gasteiger partial charge < -0.3 is 9.25 Å². The molecule has 0 aliphatic rings. The second-order valence-electron chi connectivity index (χ2n) is 4.01. The van der Waals surface area contributed by atoms with E-state index in [2.05, 4.69) is 10.1 Å². The lowest BCUT2D eigenvalue weighted by atomic mass is 10.3. The predicted molar refractivity (Wildman–Crippen MR) is 73.1 cm³/mol. The molecule has 0 aliphatic carbocycles. The fraction of sp³-hybridized carbons (Fsp3) is 0.308. The number of carbonyl (C=O) groups excluding carboxylic acids is 1. The minimum Gasteiger partial charge on any atom is -0.440 e. The number of thiophene rings is 1. The van der Waals surface area contributed by atoms with Crippen molar-refractivity contribution in [1.29, 1.82) is 0 Å². The van der Waals surface area contributed by atoms with Gasteiger partial charge in [-0.05, 0) is 25.3 Å². The fourth-order valence-electron chi connectivity index (χ4n) is 1.32. The number of oxazole rings is 1. The molecule has 0 amide bonds. The van der Waals surface area contributed by atoms with E-state index in [4.69, 9.17) is 9.25 Å². The number of aromatic nitrogens is 1. The molecule has 0 saturated heterocycles. The van der Waals surface area contributed by atoms with Gasteiger partial charge in [-0.1, -0.05) is 11.2 Å². The first-order valence-electron chi connectivity index (χ1n) is 5.75. The van der Waals surface area contributed by atoms with Crippen LogP contribution in [0.25, 0.3) is 10.8 Å². The van der Waals surface area contributed by atoms with Gasteiger partial charge >= 0.3 is 0 Å². The van der Waals surface area contributed by atoms with E-state index < -0.39 is 0 Å². The van der Waals surface area contributed by atoms with Crippen LogP contribution in [-0.2, 0) is 16.2 Å². The number of nitrogens with zero attached hydrogens (tertiary/aromatic N) is 2. The van der Waals surface area contributed by atoms with Crippen LogP contribution in [0.2, 0.25) is 0 Å². The molecule has 5 nitrogen and oxygen atoms in total. The van der Waals surface area contributed by atoms with Crippen LogP contribution in [0.1, 0.15) is 25.3 Å². The zero-order valence-corrected chi connectivity index (χ0v) is 11.8. The van der Waals surface area contributed by atoms with Crippen LogP contribution in [-0.4, -0.2) is 16.5 Å². The Morgan fingerprint density at radius 2 is 2.32 bits per heavy atom. The Morgan fingerprint density at radius 1 is 1.53 bits per heavy atom. The Labute approximate surface area is 114 Å². The van der Waals surface area contributed by atoms with Gasteiger partial charge in [-0.25, -0.2) is 4.98 Å². The van der Waals surface area contributed by atoms with Gasteiger partial charge in [-0.3, -0.25) is 4.79 Å². The highest BCUT2D eigenvalue weighted by Gasteiger charge is 2.12. The van der Waals surface area contributed by atoms with Crippen LogP contribution in [0.3, 0.4) is 0 Å².